The largest absolute Gasteiger partial charge is 0.326 e. The SMILES string of the molecule is N#Cc1ccc(N2C(=O)CC(N(CCc3ccc(S(N)(=O)=O)cc3)C(=O)c3cccc([N+](=O)[O-])c3)C2=O)cc1. The van der Waals surface area contributed by atoms with Gasteiger partial charge in [0.25, 0.3) is 17.5 Å². The second kappa shape index (κ2) is 10.8. The molecule has 1 aliphatic rings. The van der Waals surface area contributed by atoms with Gasteiger partial charge in [0.1, 0.15) is 6.04 Å². The lowest BCUT2D eigenvalue weighted by Gasteiger charge is -2.28. The van der Waals surface area contributed by atoms with Gasteiger partial charge in [-0.3, -0.25) is 24.5 Å². The van der Waals surface area contributed by atoms with E-state index in [2.05, 4.69) is 0 Å². The number of sulfonamides is 1. The molecule has 0 aliphatic carbocycles. The fourth-order valence-electron chi connectivity index (χ4n) is 4.23. The van der Waals surface area contributed by atoms with Gasteiger partial charge in [0, 0.05) is 24.2 Å². The Morgan fingerprint density at radius 3 is 2.36 bits per heavy atom. The Hall–Kier alpha value is -4.93. The van der Waals surface area contributed by atoms with E-state index in [1.165, 1.54) is 71.6 Å². The minimum absolute atomic E-state index is 0.0363. The Morgan fingerprint density at radius 1 is 1.10 bits per heavy atom. The average Bonchev–Trinajstić information content (AvgIpc) is 3.21. The summed E-state index contributed by atoms with van der Waals surface area (Å²) in [4.78, 5) is 52.6. The van der Waals surface area contributed by atoms with Crippen molar-refractivity contribution in [3.8, 4) is 6.07 Å². The molecule has 198 valence electrons. The molecule has 3 aromatic carbocycles. The summed E-state index contributed by atoms with van der Waals surface area (Å²) >= 11 is 0. The molecule has 0 spiro atoms. The summed E-state index contributed by atoms with van der Waals surface area (Å²) in [7, 11) is -3.90. The fourth-order valence-corrected chi connectivity index (χ4v) is 4.74. The molecule has 12 nitrogen and oxygen atoms in total. The van der Waals surface area contributed by atoms with Crippen molar-refractivity contribution in [2.24, 2.45) is 5.14 Å². The number of imide groups is 1. The highest BCUT2D eigenvalue weighted by molar-refractivity contribution is 7.89. The van der Waals surface area contributed by atoms with Crippen LogP contribution in [-0.2, 0) is 26.0 Å². The summed E-state index contributed by atoms with van der Waals surface area (Å²) in [5.74, 6) is -1.90. The standard InChI is InChI=1S/C26H21N5O7S/c27-16-18-4-8-20(9-5-18)30-24(32)15-23(26(30)34)29(25(33)19-2-1-3-21(14-19)31(35)36)13-12-17-6-10-22(11-7-17)39(28,37)38/h1-11,14,23H,12-13,15H2,(H2,28,37,38). The van der Waals surface area contributed by atoms with Crippen LogP contribution in [0.1, 0.15) is 27.9 Å². The molecule has 1 aliphatic heterocycles. The van der Waals surface area contributed by atoms with Crippen molar-refractivity contribution in [2.75, 3.05) is 11.4 Å². The molecule has 1 saturated heterocycles. The van der Waals surface area contributed by atoms with Gasteiger partial charge in [0.2, 0.25) is 15.9 Å². The van der Waals surface area contributed by atoms with Crippen LogP contribution in [0.2, 0.25) is 0 Å². The van der Waals surface area contributed by atoms with Crippen molar-refractivity contribution in [1.82, 2.24) is 4.90 Å². The van der Waals surface area contributed by atoms with E-state index in [0.29, 0.717) is 11.1 Å². The first kappa shape index (κ1) is 27.1. The summed E-state index contributed by atoms with van der Waals surface area (Å²) in [6, 6.07) is 17.3. The van der Waals surface area contributed by atoms with Crippen LogP contribution < -0.4 is 10.0 Å². The number of carbonyl (C=O) groups excluding carboxylic acids is 3. The van der Waals surface area contributed by atoms with Gasteiger partial charge >= 0.3 is 0 Å². The normalized spacial score (nSPS) is 15.2. The zero-order valence-corrected chi connectivity index (χ0v) is 21.1. The first-order chi connectivity index (χ1) is 18.5. The molecule has 39 heavy (non-hydrogen) atoms. The Kier molecular flexibility index (Phi) is 7.52. The van der Waals surface area contributed by atoms with Gasteiger partial charge in [-0.15, -0.1) is 0 Å². The molecule has 1 unspecified atom stereocenters. The van der Waals surface area contributed by atoms with E-state index in [1.807, 2.05) is 6.07 Å². The van der Waals surface area contributed by atoms with E-state index in [-0.39, 0.29) is 41.2 Å². The number of non-ortho nitro benzene ring substituents is 1. The molecule has 3 amide bonds. The Morgan fingerprint density at radius 2 is 1.77 bits per heavy atom. The van der Waals surface area contributed by atoms with Crippen LogP contribution in [0.15, 0.2) is 77.7 Å². The molecule has 3 aromatic rings. The second-order valence-electron chi connectivity index (χ2n) is 8.69. The molecule has 1 heterocycles. The second-order valence-corrected chi connectivity index (χ2v) is 10.3. The van der Waals surface area contributed by atoms with Gasteiger partial charge in [0.05, 0.1) is 33.6 Å². The maximum atomic E-state index is 13.6. The van der Waals surface area contributed by atoms with Gasteiger partial charge in [-0.1, -0.05) is 18.2 Å². The van der Waals surface area contributed by atoms with Crippen molar-refractivity contribution in [3.63, 3.8) is 0 Å². The van der Waals surface area contributed by atoms with E-state index in [4.69, 9.17) is 10.4 Å². The lowest BCUT2D eigenvalue weighted by Crippen LogP contribution is -2.46. The van der Waals surface area contributed by atoms with E-state index in [9.17, 15) is 32.9 Å². The van der Waals surface area contributed by atoms with Gasteiger partial charge in [-0.2, -0.15) is 5.26 Å². The molecule has 0 aromatic heterocycles. The zero-order chi connectivity index (χ0) is 28.3. The highest BCUT2D eigenvalue weighted by Crippen LogP contribution is 2.28. The number of nitriles is 1. The Labute approximate surface area is 223 Å². The molecule has 13 heteroatoms. The molecule has 1 atom stereocenters. The number of hydrogen-bond acceptors (Lipinski definition) is 8. The molecular weight excluding hydrogens is 526 g/mol. The summed E-state index contributed by atoms with van der Waals surface area (Å²) in [6.45, 7) is -0.0544. The van der Waals surface area contributed by atoms with Crippen molar-refractivity contribution >= 4 is 39.1 Å². The third kappa shape index (κ3) is 5.82. The first-order valence-electron chi connectivity index (χ1n) is 11.5. The van der Waals surface area contributed by atoms with Crippen LogP contribution in [0.4, 0.5) is 11.4 Å². The Bertz CT molecular complexity index is 1610. The number of benzene rings is 3. The number of nitro benzene ring substituents is 1. The monoisotopic (exact) mass is 547 g/mol. The molecule has 1 fully saturated rings. The molecule has 2 N–H and O–H groups in total. The van der Waals surface area contributed by atoms with Crippen molar-refractivity contribution in [2.45, 2.75) is 23.8 Å². The maximum absolute atomic E-state index is 13.6. The quantitative estimate of drug-likeness (QED) is 0.252. The highest BCUT2D eigenvalue weighted by atomic mass is 32.2. The molecule has 0 saturated carbocycles. The average molecular weight is 548 g/mol. The summed E-state index contributed by atoms with van der Waals surface area (Å²) in [6.07, 6.45) is -0.135. The van der Waals surface area contributed by atoms with E-state index < -0.39 is 38.7 Å². The minimum atomic E-state index is -3.90. The third-order valence-electron chi connectivity index (χ3n) is 6.21. The summed E-state index contributed by atoms with van der Waals surface area (Å²) in [5.41, 5.74) is 0.858. The fraction of sp³-hybridized carbons (Fsp3) is 0.154. The van der Waals surface area contributed by atoms with Crippen LogP contribution in [0.5, 0.6) is 0 Å². The van der Waals surface area contributed by atoms with E-state index >= 15 is 0 Å². The number of anilines is 1. The molecule has 0 radical (unpaired) electrons. The number of hydrogen-bond donors (Lipinski definition) is 1. The number of nitrogens with two attached hydrogens (primary N) is 1. The lowest BCUT2D eigenvalue weighted by molar-refractivity contribution is -0.384. The number of amides is 3. The number of carbonyl (C=O) groups is 3. The highest BCUT2D eigenvalue weighted by Gasteiger charge is 2.44. The van der Waals surface area contributed by atoms with Gasteiger partial charge in [-0.25, -0.2) is 18.5 Å². The topological polar surface area (TPSA) is 185 Å². The molecular formula is C26H21N5O7S. The van der Waals surface area contributed by atoms with Crippen LogP contribution >= 0.6 is 0 Å². The van der Waals surface area contributed by atoms with E-state index in [1.54, 1.807) is 0 Å². The minimum Gasteiger partial charge on any atom is -0.326 e. The Balaban J connectivity index is 1.65. The summed E-state index contributed by atoms with van der Waals surface area (Å²) in [5, 5.41) is 25.4. The maximum Gasteiger partial charge on any atom is 0.270 e. The third-order valence-corrected chi connectivity index (χ3v) is 7.14. The number of nitro groups is 1. The predicted octanol–water partition coefficient (Wildman–Crippen LogP) is 2.13. The number of rotatable bonds is 8. The van der Waals surface area contributed by atoms with Gasteiger partial charge in [-0.05, 0) is 54.4 Å². The van der Waals surface area contributed by atoms with Crippen LogP contribution in [0.3, 0.4) is 0 Å². The van der Waals surface area contributed by atoms with Crippen molar-refractivity contribution < 1.29 is 27.7 Å². The van der Waals surface area contributed by atoms with Crippen LogP contribution in [-0.4, -0.2) is 48.5 Å². The van der Waals surface area contributed by atoms with Crippen molar-refractivity contribution in [1.29, 1.82) is 5.26 Å². The zero-order valence-electron chi connectivity index (χ0n) is 20.3. The van der Waals surface area contributed by atoms with Gasteiger partial charge < -0.3 is 4.90 Å². The van der Waals surface area contributed by atoms with Crippen LogP contribution in [0.25, 0.3) is 0 Å². The first-order valence-corrected chi connectivity index (χ1v) is 13.1. The number of primary sulfonamides is 1. The van der Waals surface area contributed by atoms with Crippen molar-refractivity contribution in [3.05, 3.63) is 99.6 Å². The lowest BCUT2D eigenvalue weighted by atomic mass is 10.1. The van der Waals surface area contributed by atoms with E-state index in [0.717, 1.165) is 11.0 Å². The van der Waals surface area contributed by atoms with Crippen LogP contribution in [0, 0.1) is 21.4 Å². The predicted molar refractivity (Wildman–Crippen MR) is 138 cm³/mol. The number of nitrogens with zero attached hydrogens (tertiary/aromatic N) is 4. The summed E-state index contributed by atoms with van der Waals surface area (Å²) < 4.78 is 23.1. The molecule has 0 bridgehead atoms. The smallest absolute Gasteiger partial charge is 0.270 e. The molecule has 4 rings (SSSR count). The van der Waals surface area contributed by atoms with Gasteiger partial charge in [0.15, 0.2) is 0 Å².